The molecule has 1 aromatic heterocycles. The van der Waals surface area contributed by atoms with Gasteiger partial charge in [0.15, 0.2) is 0 Å². The molecule has 3 rings (SSSR count). The zero-order valence-corrected chi connectivity index (χ0v) is 23.4. The number of hydrogen-bond donors (Lipinski definition) is 4. The Bertz CT molecular complexity index is 1210. The van der Waals surface area contributed by atoms with Gasteiger partial charge in [-0.25, -0.2) is 27.1 Å². The molecule has 216 valence electrons. The summed E-state index contributed by atoms with van der Waals surface area (Å²) in [5.74, 6) is -1.87. The summed E-state index contributed by atoms with van der Waals surface area (Å²) in [5, 5.41) is 31.9. The summed E-state index contributed by atoms with van der Waals surface area (Å²) in [6.07, 6.45) is 0.860. The van der Waals surface area contributed by atoms with Gasteiger partial charge < -0.3 is 25.4 Å². The Labute approximate surface area is 228 Å². The van der Waals surface area contributed by atoms with Gasteiger partial charge in [0, 0.05) is 37.7 Å². The van der Waals surface area contributed by atoms with E-state index >= 15 is 0 Å². The van der Waals surface area contributed by atoms with Crippen molar-refractivity contribution in [1.82, 2.24) is 15.3 Å². The number of carboxylic acid groups (broad SMARTS) is 1. The first-order valence-electron chi connectivity index (χ1n) is 12.5. The van der Waals surface area contributed by atoms with Gasteiger partial charge in [-0.3, -0.25) is 4.79 Å². The number of benzene rings is 1. The van der Waals surface area contributed by atoms with Gasteiger partial charge in [0.25, 0.3) is 0 Å². The fourth-order valence-corrected chi connectivity index (χ4v) is 3.94. The van der Waals surface area contributed by atoms with Gasteiger partial charge in [0.05, 0.1) is 49.5 Å². The van der Waals surface area contributed by atoms with Crippen molar-refractivity contribution in [3.05, 3.63) is 47.4 Å². The molecule has 1 fully saturated rings. The summed E-state index contributed by atoms with van der Waals surface area (Å²) in [5.41, 5.74) is 1.80. The van der Waals surface area contributed by atoms with E-state index in [-0.39, 0.29) is 18.3 Å². The molecule has 13 heteroatoms. The van der Waals surface area contributed by atoms with Crippen molar-refractivity contribution in [2.45, 2.75) is 44.8 Å². The minimum atomic E-state index is -3.65. The standard InChI is InChI=1S/C22H28FN3O6S.C4H9NO/c1-13(2)20-18(10-9-16(27)11-17(28)12-19(29)30)21(14-5-7-15(23)8-6-14)25-22(24-20)26(3)33(4,31)32;1-3-6-4-2-5-1/h5-10,13,16-17,27-28H,11-12H2,1-4H3,(H,29,30);5H,1-4H2/b10-9+;/t16-,17-;/m1./s1. The van der Waals surface area contributed by atoms with E-state index in [4.69, 9.17) is 9.84 Å². The van der Waals surface area contributed by atoms with Crippen LogP contribution in [0.25, 0.3) is 17.3 Å². The number of hydrogen-bond acceptors (Lipinski definition) is 9. The monoisotopic (exact) mass is 568 g/mol. The number of morpholine rings is 1. The van der Waals surface area contributed by atoms with E-state index in [1.165, 1.54) is 43.5 Å². The van der Waals surface area contributed by atoms with Crippen LogP contribution in [-0.4, -0.2) is 91.5 Å². The topological polar surface area (TPSA) is 162 Å². The highest BCUT2D eigenvalue weighted by Gasteiger charge is 2.22. The Kier molecular flexibility index (Phi) is 12.4. The maximum atomic E-state index is 13.5. The molecule has 0 spiro atoms. The molecular formula is C26H37FN4O7S. The number of ether oxygens (including phenoxy) is 1. The first-order chi connectivity index (χ1) is 18.3. The minimum Gasteiger partial charge on any atom is -0.481 e. The van der Waals surface area contributed by atoms with E-state index in [0.717, 1.165) is 36.9 Å². The SMILES string of the molecule is C1COCCN1.CC(C)c1nc(N(C)S(C)(=O)=O)nc(-c2ccc(F)cc2)c1/C=C/[C@@H](O)C[C@@H](O)CC(=O)O. The van der Waals surface area contributed by atoms with Gasteiger partial charge in [0.1, 0.15) is 5.82 Å². The number of aliphatic hydroxyl groups is 2. The normalized spacial score (nSPS) is 15.5. The largest absolute Gasteiger partial charge is 0.481 e. The maximum Gasteiger partial charge on any atom is 0.305 e. The number of nitrogens with one attached hydrogen (secondary N) is 1. The second-order valence-corrected chi connectivity index (χ2v) is 11.4. The van der Waals surface area contributed by atoms with Gasteiger partial charge in [-0.2, -0.15) is 0 Å². The molecule has 4 N–H and O–H groups in total. The van der Waals surface area contributed by atoms with Crippen molar-refractivity contribution in [3.8, 4) is 11.3 Å². The van der Waals surface area contributed by atoms with Gasteiger partial charge in [-0.1, -0.05) is 26.0 Å². The summed E-state index contributed by atoms with van der Waals surface area (Å²) in [6, 6.07) is 5.49. The second kappa shape index (κ2) is 15.0. The molecule has 0 amide bonds. The molecule has 2 aromatic rings. The fraction of sp³-hybridized carbons (Fsp3) is 0.500. The lowest BCUT2D eigenvalue weighted by atomic mass is 9.97. The maximum absolute atomic E-state index is 13.5. The van der Waals surface area contributed by atoms with Crippen LogP contribution in [0.5, 0.6) is 0 Å². The Morgan fingerprint density at radius 2 is 1.79 bits per heavy atom. The van der Waals surface area contributed by atoms with Gasteiger partial charge in [-0.05, 0) is 30.2 Å². The quantitative estimate of drug-likeness (QED) is 0.334. The Morgan fingerprint density at radius 3 is 2.26 bits per heavy atom. The van der Waals surface area contributed by atoms with Crippen molar-refractivity contribution < 1.29 is 37.7 Å². The molecule has 0 saturated carbocycles. The Morgan fingerprint density at radius 1 is 1.18 bits per heavy atom. The lowest BCUT2D eigenvalue weighted by Gasteiger charge is -2.20. The van der Waals surface area contributed by atoms with Crippen LogP contribution in [0.2, 0.25) is 0 Å². The molecule has 0 unspecified atom stereocenters. The van der Waals surface area contributed by atoms with Crippen LogP contribution < -0.4 is 9.62 Å². The summed E-state index contributed by atoms with van der Waals surface area (Å²) >= 11 is 0. The highest BCUT2D eigenvalue weighted by molar-refractivity contribution is 7.92. The van der Waals surface area contributed by atoms with E-state index in [1.54, 1.807) is 0 Å². The van der Waals surface area contributed by atoms with Crippen LogP contribution in [0.1, 0.15) is 43.9 Å². The molecule has 1 aromatic carbocycles. The molecule has 1 aliphatic rings. The molecule has 11 nitrogen and oxygen atoms in total. The molecule has 0 bridgehead atoms. The third kappa shape index (κ3) is 10.6. The molecule has 1 aliphatic heterocycles. The van der Waals surface area contributed by atoms with Crippen molar-refractivity contribution >= 4 is 28.0 Å². The van der Waals surface area contributed by atoms with Crippen LogP contribution in [-0.2, 0) is 19.6 Å². The fourth-order valence-electron chi connectivity index (χ4n) is 3.56. The number of carboxylic acids is 1. The lowest BCUT2D eigenvalue weighted by Crippen LogP contribution is -2.30. The number of aliphatic hydroxyl groups excluding tert-OH is 2. The Hall–Kier alpha value is -2.97. The summed E-state index contributed by atoms with van der Waals surface area (Å²) in [6.45, 7) is 7.54. The number of halogens is 1. The molecule has 1 saturated heterocycles. The number of carbonyl (C=O) groups is 1. The Balaban J connectivity index is 0.000000780. The first-order valence-corrected chi connectivity index (χ1v) is 14.3. The zero-order chi connectivity index (χ0) is 29.2. The minimum absolute atomic E-state index is 0.0601. The molecule has 39 heavy (non-hydrogen) atoms. The third-order valence-electron chi connectivity index (χ3n) is 5.66. The third-order valence-corrected chi connectivity index (χ3v) is 6.82. The predicted molar refractivity (Wildman–Crippen MR) is 146 cm³/mol. The molecule has 0 radical (unpaired) electrons. The van der Waals surface area contributed by atoms with E-state index in [2.05, 4.69) is 15.3 Å². The van der Waals surface area contributed by atoms with Crippen LogP contribution in [0, 0.1) is 5.82 Å². The number of sulfonamides is 1. The zero-order valence-electron chi connectivity index (χ0n) is 22.5. The number of rotatable bonds is 10. The van der Waals surface area contributed by atoms with E-state index in [9.17, 15) is 27.8 Å². The number of aromatic nitrogens is 2. The van der Waals surface area contributed by atoms with Crippen LogP contribution in [0.3, 0.4) is 0 Å². The van der Waals surface area contributed by atoms with Crippen molar-refractivity contribution in [1.29, 1.82) is 0 Å². The van der Waals surface area contributed by atoms with Crippen LogP contribution in [0.15, 0.2) is 30.3 Å². The first kappa shape index (κ1) is 32.2. The average molecular weight is 569 g/mol. The highest BCUT2D eigenvalue weighted by Crippen LogP contribution is 2.31. The van der Waals surface area contributed by atoms with Crippen molar-refractivity contribution in [3.63, 3.8) is 0 Å². The van der Waals surface area contributed by atoms with E-state index in [0.29, 0.717) is 22.5 Å². The number of nitrogens with zero attached hydrogens (tertiary/aromatic N) is 3. The molecule has 2 heterocycles. The molecule has 0 aliphatic carbocycles. The average Bonchev–Trinajstić information content (AvgIpc) is 2.87. The van der Waals surface area contributed by atoms with E-state index < -0.39 is 40.4 Å². The summed E-state index contributed by atoms with van der Waals surface area (Å²) < 4.78 is 43.6. The number of aliphatic carboxylic acids is 1. The summed E-state index contributed by atoms with van der Waals surface area (Å²) in [4.78, 5) is 19.6. The van der Waals surface area contributed by atoms with Crippen LogP contribution >= 0.6 is 0 Å². The van der Waals surface area contributed by atoms with Gasteiger partial charge in [0.2, 0.25) is 16.0 Å². The van der Waals surface area contributed by atoms with Crippen molar-refractivity contribution in [2.75, 3.05) is 43.9 Å². The van der Waals surface area contributed by atoms with Crippen LogP contribution in [0.4, 0.5) is 10.3 Å². The molecular weight excluding hydrogens is 531 g/mol. The highest BCUT2D eigenvalue weighted by atomic mass is 32.2. The number of anilines is 1. The van der Waals surface area contributed by atoms with Gasteiger partial charge in [-0.15, -0.1) is 0 Å². The predicted octanol–water partition coefficient (Wildman–Crippen LogP) is 2.01. The molecule has 2 atom stereocenters. The summed E-state index contributed by atoms with van der Waals surface area (Å²) in [7, 11) is -2.33. The smallest absolute Gasteiger partial charge is 0.305 e. The lowest BCUT2D eigenvalue weighted by molar-refractivity contribution is -0.139. The van der Waals surface area contributed by atoms with E-state index in [1.807, 2.05) is 13.8 Å². The second-order valence-electron chi connectivity index (χ2n) is 9.34. The van der Waals surface area contributed by atoms with Crippen molar-refractivity contribution in [2.24, 2.45) is 0 Å². The van der Waals surface area contributed by atoms with Gasteiger partial charge >= 0.3 is 5.97 Å².